The highest BCUT2D eigenvalue weighted by atomic mass is 16.3. The molecule has 2 aromatic carbocycles. The molecule has 0 saturated carbocycles. The summed E-state index contributed by atoms with van der Waals surface area (Å²) in [6, 6.07) is 8.03. The topological polar surface area (TPSA) is 128 Å². The molecule has 2 rings (SSSR count). The molecule has 4 N–H and O–H groups in total. The third kappa shape index (κ3) is 2.56. The second-order valence-electron chi connectivity index (χ2n) is 4.22. The summed E-state index contributed by atoms with van der Waals surface area (Å²) in [4.78, 5) is 0. The van der Waals surface area contributed by atoms with E-state index in [0.717, 1.165) is 6.07 Å². The minimum absolute atomic E-state index is 0.0872. The van der Waals surface area contributed by atoms with Crippen molar-refractivity contribution < 1.29 is 20.4 Å². The minimum Gasteiger partial charge on any atom is -0.508 e. The van der Waals surface area contributed by atoms with Crippen LogP contribution in [0.15, 0.2) is 24.3 Å². The normalized spacial score (nSPS) is 9.18. The molecule has 0 amide bonds. The first kappa shape index (κ1) is 14.6. The van der Waals surface area contributed by atoms with Crippen LogP contribution in [-0.4, -0.2) is 20.4 Å². The second kappa shape index (κ2) is 5.66. The molecule has 0 aliphatic carbocycles. The number of rotatable bonds is 0. The highest BCUT2D eigenvalue weighted by Crippen LogP contribution is 2.31. The van der Waals surface area contributed by atoms with Gasteiger partial charge in [-0.1, -0.05) is 11.8 Å². The Balaban J connectivity index is 2.60. The van der Waals surface area contributed by atoms with Gasteiger partial charge in [-0.3, -0.25) is 0 Å². The van der Waals surface area contributed by atoms with Crippen molar-refractivity contribution in [2.45, 2.75) is 0 Å². The number of phenolic OH excluding ortho intramolecular Hbond substituents is 4. The largest absolute Gasteiger partial charge is 0.508 e. The average molecular weight is 292 g/mol. The Hall–Kier alpha value is -3.82. The van der Waals surface area contributed by atoms with Gasteiger partial charge in [0.05, 0.1) is 11.1 Å². The molecule has 0 saturated heterocycles. The van der Waals surface area contributed by atoms with Crippen LogP contribution in [0.2, 0.25) is 0 Å². The maximum absolute atomic E-state index is 9.93. The number of hydrogen-bond donors (Lipinski definition) is 4. The van der Waals surface area contributed by atoms with Gasteiger partial charge in [0.1, 0.15) is 40.5 Å². The molecule has 0 fully saturated rings. The van der Waals surface area contributed by atoms with Crippen LogP contribution >= 0.6 is 0 Å². The number of benzene rings is 2. The average Bonchev–Trinajstić information content (AvgIpc) is 2.50. The Morgan fingerprint density at radius 2 is 1.36 bits per heavy atom. The number of nitriles is 2. The van der Waals surface area contributed by atoms with Crippen LogP contribution in [-0.2, 0) is 0 Å². The monoisotopic (exact) mass is 292 g/mol. The van der Waals surface area contributed by atoms with E-state index in [1.165, 1.54) is 18.2 Å². The van der Waals surface area contributed by atoms with Gasteiger partial charge in [-0.15, -0.1) is 0 Å². The third-order valence-electron chi connectivity index (χ3n) is 2.81. The van der Waals surface area contributed by atoms with Crippen LogP contribution in [0.5, 0.6) is 23.0 Å². The smallest absolute Gasteiger partial charge is 0.150 e. The molecule has 0 unspecified atom stereocenters. The lowest BCUT2D eigenvalue weighted by atomic mass is 10.0. The van der Waals surface area contributed by atoms with Gasteiger partial charge in [0, 0.05) is 6.07 Å². The molecule has 106 valence electrons. The molecule has 0 spiro atoms. The van der Waals surface area contributed by atoms with E-state index in [2.05, 4.69) is 11.8 Å². The van der Waals surface area contributed by atoms with Gasteiger partial charge in [-0.05, 0) is 18.2 Å². The van der Waals surface area contributed by atoms with Crippen LogP contribution in [0.1, 0.15) is 22.3 Å². The van der Waals surface area contributed by atoms with Gasteiger partial charge in [-0.2, -0.15) is 10.5 Å². The Morgan fingerprint density at radius 3 is 2.00 bits per heavy atom. The van der Waals surface area contributed by atoms with E-state index in [4.69, 9.17) is 10.5 Å². The molecule has 2 aromatic rings. The predicted molar refractivity (Wildman–Crippen MR) is 75.0 cm³/mol. The van der Waals surface area contributed by atoms with Crippen LogP contribution in [0, 0.1) is 34.5 Å². The van der Waals surface area contributed by atoms with Crippen LogP contribution in [0.25, 0.3) is 0 Å². The van der Waals surface area contributed by atoms with Crippen molar-refractivity contribution in [2.24, 2.45) is 0 Å². The SMILES string of the molecule is N#Cc1c(O)cc(C#Cc2cc(O)ccc2O)c(O)c1C#N. The molecule has 0 atom stereocenters. The Bertz CT molecular complexity index is 909. The third-order valence-corrected chi connectivity index (χ3v) is 2.81. The van der Waals surface area contributed by atoms with Crippen molar-refractivity contribution in [1.29, 1.82) is 10.5 Å². The van der Waals surface area contributed by atoms with Gasteiger partial charge in [-0.25, -0.2) is 0 Å². The molecular weight excluding hydrogens is 284 g/mol. The Kier molecular flexibility index (Phi) is 3.76. The molecule has 0 aliphatic rings. The Morgan fingerprint density at radius 1 is 0.727 bits per heavy atom. The molecule has 0 aliphatic heterocycles. The van der Waals surface area contributed by atoms with Crippen molar-refractivity contribution >= 4 is 0 Å². The number of hydrogen-bond acceptors (Lipinski definition) is 6. The van der Waals surface area contributed by atoms with Crippen LogP contribution in [0.4, 0.5) is 0 Å². The van der Waals surface area contributed by atoms with Crippen LogP contribution in [0.3, 0.4) is 0 Å². The summed E-state index contributed by atoms with van der Waals surface area (Å²) in [7, 11) is 0. The van der Waals surface area contributed by atoms with Crippen molar-refractivity contribution in [1.82, 2.24) is 0 Å². The quantitative estimate of drug-likeness (QED) is 0.431. The fourth-order valence-electron chi connectivity index (χ4n) is 1.73. The predicted octanol–water partition coefficient (Wildman–Crippen LogP) is 1.65. The van der Waals surface area contributed by atoms with E-state index in [-0.39, 0.29) is 33.8 Å². The van der Waals surface area contributed by atoms with Crippen molar-refractivity contribution in [2.75, 3.05) is 0 Å². The van der Waals surface area contributed by atoms with Crippen LogP contribution < -0.4 is 0 Å². The molecule has 0 heterocycles. The first-order chi connectivity index (χ1) is 10.5. The summed E-state index contributed by atoms with van der Waals surface area (Å²) in [5.74, 6) is 3.67. The summed E-state index contributed by atoms with van der Waals surface area (Å²) >= 11 is 0. The van der Waals surface area contributed by atoms with E-state index in [0.29, 0.717) is 0 Å². The fourth-order valence-corrected chi connectivity index (χ4v) is 1.73. The molecule has 0 radical (unpaired) electrons. The summed E-state index contributed by atoms with van der Waals surface area (Å²) in [6.07, 6.45) is 0. The molecule has 0 bridgehead atoms. The van der Waals surface area contributed by atoms with E-state index >= 15 is 0 Å². The van der Waals surface area contributed by atoms with E-state index in [9.17, 15) is 20.4 Å². The molecule has 6 nitrogen and oxygen atoms in total. The van der Waals surface area contributed by atoms with Gasteiger partial charge in [0.15, 0.2) is 5.75 Å². The molecular formula is C16H8N2O4. The summed E-state index contributed by atoms with van der Waals surface area (Å²) in [5, 5.41) is 56.3. The maximum atomic E-state index is 9.93. The van der Waals surface area contributed by atoms with Gasteiger partial charge in [0.25, 0.3) is 0 Å². The summed E-state index contributed by atoms with van der Waals surface area (Å²) < 4.78 is 0. The van der Waals surface area contributed by atoms with Gasteiger partial charge in [0.2, 0.25) is 0 Å². The molecule has 6 heteroatoms. The van der Waals surface area contributed by atoms with E-state index in [1.807, 2.05) is 0 Å². The highest BCUT2D eigenvalue weighted by molar-refractivity contribution is 5.67. The standard InChI is InChI=1S/C16H8N2O4/c17-7-12-13(8-18)16(22)10(6-15(12)21)2-1-9-5-11(19)3-4-14(9)20/h3-6,19-22H. The zero-order chi connectivity index (χ0) is 16.3. The number of nitrogens with zero attached hydrogens (tertiary/aromatic N) is 2. The summed E-state index contributed by atoms with van der Waals surface area (Å²) in [5.41, 5.74) is -0.713. The minimum atomic E-state index is -0.538. The van der Waals surface area contributed by atoms with Gasteiger partial charge < -0.3 is 20.4 Å². The fraction of sp³-hybridized carbons (Fsp3) is 0. The molecule has 22 heavy (non-hydrogen) atoms. The molecule has 0 aromatic heterocycles. The summed E-state index contributed by atoms with van der Waals surface area (Å²) in [6.45, 7) is 0. The van der Waals surface area contributed by atoms with Crippen molar-refractivity contribution in [3.63, 3.8) is 0 Å². The second-order valence-corrected chi connectivity index (χ2v) is 4.22. The number of aromatic hydroxyl groups is 4. The zero-order valence-electron chi connectivity index (χ0n) is 11.0. The Labute approximate surface area is 125 Å². The lowest BCUT2D eigenvalue weighted by Crippen LogP contribution is -1.90. The van der Waals surface area contributed by atoms with E-state index in [1.54, 1.807) is 12.1 Å². The van der Waals surface area contributed by atoms with Crippen molar-refractivity contribution in [3.05, 3.63) is 46.5 Å². The zero-order valence-corrected chi connectivity index (χ0v) is 11.0. The maximum Gasteiger partial charge on any atom is 0.150 e. The van der Waals surface area contributed by atoms with E-state index < -0.39 is 11.5 Å². The lowest BCUT2D eigenvalue weighted by Gasteiger charge is -2.04. The first-order valence-electron chi connectivity index (χ1n) is 5.91. The van der Waals surface area contributed by atoms with Gasteiger partial charge >= 0.3 is 0 Å². The first-order valence-corrected chi connectivity index (χ1v) is 5.91. The lowest BCUT2D eigenvalue weighted by molar-refractivity contribution is 0.456. The number of phenols is 4. The van der Waals surface area contributed by atoms with Crippen molar-refractivity contribution in [3.8, 4) is 47.0 Å². The highest BCUT2D eigenvalue weighted by Gasteiger charge is 2.16.